The number of aromatic nitrogens is 6. The molecule has 4 aromatic heterocycles. The summed E-state index contributed by atoms with van der Waals surface area (Å²) in [6.07, 6.45) is 12.7. The summed E-state index contributed by atoms with van der Waals surface area (Å²) in [7, 11) is 0. The van der Waals surface area contributed by atoms with E-state index in [9.17, 15) is 0 Å². The molecule has 9 nitrogen and oxygen atoms in total. The van der Waals surface area contributed by atoms with E-state index >= 15 is 0 Å². The zero-order valence-corrected chi connectivity index (χ0v) is 20.4. The third kappa shape index (κ3) is 4.60. The van der Waals surface area contributed by atoms with Gasteiger partial charge in [-0.2, -0.15) is 10.2 Å². The minimum absolute atomic E-state index is 0.180. The smallest absolute Gasteiger partial charge is 0.160 e. The van der Waals surface area contributed by atoms with Gasteiger partial charge in [-0.3, -0.25) is 4.68 Å². The number of hydrogen-bond acceptors (Lipinski definition) is 7. The first kappa shape index (κ1) is 22.0. The Hall–Kier alpha value is -3.46. The maximum Gasteiger partial charge on any atom is 0.160 e. The van der Waals surface area contributed by atoms with Crippen LogP contribution in [0.25, 0.3) is 22.2 Å². The second-order valence-corrected chi connectivity index (χ2v) is 10.2. The van der Waals surface area contributed by atoms with E-state index in [1.807, 2.05) is 35.4 Å². The number of piperidine rings is 1. The summed E-state index contributed by atoms with van der Waals surface area (Å²) >= 11 is 0. The first-order chi connectivity index (χ1) is 17.0. The fourth-order valence-electron chi connectivity index (χ4n) is 4.89. The summed E-state index contributed by atoms with van der Waals surface area (Å²) in [4.78, 5) is 12.0. The zero-order chi connectivity index (χ0) is 23.9. The number of nitrogens with zero attached hydrogens (tertiary/aromatic N) is 7. The Labute approximate surface area is 205 Å². The highest BCUT2D eigenvalue weighted by Crippen LogP contribution is 2.35. The predicted octanol–water partition coefficient (Wildman–Crippen LogP) is 4.35. The highest BCUT2D eigenvalue weighted by Gasteiger charge is 2.24. The molecule has 1 saturated carbocycles. The van der Waals surface area contributed by atoms with E-state index in [0.29, 0.717) is 0 Å². The molecule has 1 atom stereocenters. The van der Waals surface area contributed by atoms with Gasteiger partial charge >= 0.3 is 0 Å². The van der Waals surface area contributed by atoms with Gasteiger partial charge in [-0.15, -0.1) is 0 Å². The van der Waals surface area contributed by atoms with Crippen LogP contribution in [-0.4, -0.2) is 48.7 Å². The number of nitrogens with one attached hydrogen (secondary N) is 1. The SMILES string of the molecule is CC(C)n1ncc2ccc(Nc3cc(N4CCC[C@H](N)C4)c(-c4cnn(CC5CC5)c4)cn3)nc21. The van der Waals surface area contributed by atoms with Gasteiger partial charge in [0.15, 0.2) is 5.65 Å². The van der Waals surface area contributed by atoms with Crippen molar-refractivity contribution in [3.05, 3.63) is 43.0 Å². The molecular weight excluding hydrogens is 438 g/mol. The molecule has 2 aliphatic rings. The number of fused-ring (bicyclic) bond motifs is 1. The van der Waals surface area contributed by atoms with Crippen LogP contribution >= 0.6 is 0 Å². The number of nitrogens with two attached hydrogens (primary N) is 1. The topological polar surface area (TPSA) is 103 Å². The highest BCUT2D eigenvalue weighted by molar-refractivity contribution is 5.81. The Morgan fingerprint density at radius 3 is 2.77 bits per heavy atom. The van der Waals surface area contributed by atoms with Crippen molar-refractivity contribution in [3.8, 4) is 11.1 Å². The molecule has 2 fully saturated rings. The lowest BCUT2D eigenvalue weighted by molar-refractivity contribution is 0.506. The molecule has 1 saturated heterocycles. The monoisotopic (exact) mass is 471 g/mol. The molecular formula is C26H33N9. The average molecular weight is 472 g/mol. The second kappa shape index (κ2) is 8.96. The molecule has 0 unspecified atom stereocenters. The molecule has 35 heavy (non-hydrogen) atoms. The van der Waals surface area contributed by atoms with Crippen molar-refractivity contribution in [3.63, 3.8) is 0 Å². The maximum absolute atomic E-state index is 6.35. The van der Waals surface area contributed by atoms with Crippen LogP contribution in [0.2, 0.25) is 0 Å². The van der Waals surface area contributed by atoms with Crippen molar-refractivity contribution in [2.24, 2.45) is 11.7 Å². The van der Waals surface area contributed by atoms with Crippen LogP contribution in [0.15, 0.2) is 43.0 Å². The van der Waals surface area contributed by atoms with Crippen LogP contribution < -0.4 is 16.0 Å². The lowest BCUT2D eigenvalue weighted by atomic mass is 10.0. The molecule has 0 amide bonds. The van der Waals surface area contributed by atoms with Gasteiger partial charge in [0, 0.05) is 72.4 Å². The van der Waals surface area contributed by atoms with Gasteiger partial charge < -0.3 is 16.0 Å². The normalized spacial score (nSPS) is 18.5. The minimum Gasteiger partial charge on any atom is -0.369 e. The molecule has 9 heteroatoms. The molecule has 0 aromatic carbocycles. The molecule has 6 rings (SSSR count). The summed E-state index contributed by atoms with van der Waals surface area (Å²) in [5.74, 6) is 2.29. The first-order valence-corrected chi connectivity index (χ1v) is 12.7. The van der Waals surface area contributed by atoms with Gasteiger partial charge in [0.25, 0.3) is 0 Å². The fourth-order valence-corrected chi connectivity index (χ4v) is 4.89. The Morgan fingerprint density at radius 1 is 1.09 bits per heavy atom. The van der Waals surface area contributed by atoms with Gasteiger partial charge in [0.2, 0.25) is 0 Å². The van der Waals surface area contributed by atoms with Gasteiger partial charge in [0.05, 0.1) is 12.4 Å². The Balaban J connectivity index is 1.33. The molecule has 4 aromatic rings. The lowest BCUT2D eigenvalue weighted by Crippen LogP contribution is -2.43. The predicted molar refractivity (Wildman–Crippen MR) is 139 cm³/mol. The van der Waals surface area contributed by atoms with E-state index in [1.165, 1.54) is 12.8 Å². The number of anilines is 3. The van der Waals surface area contributed by atoms with E-state index in [1.54, 1.807) is 0 Å². The van der Waals surface area contributed by atoms with Crippen LogP contribution in [0.5, 0.6) is 0 Å². The molecule has 182 valence electrons. The van der Waals surface area contributed by atoms with Crippen molar-refractivity contribution in [1.82, 2.24) is 29.5 Å². The summed E-state index contributed by atoms with van der Waals surface area (Å²) in [6.45, 7) is 7.04. The van der Waals surface area contributed by atoms with Crippen LogP contribution in [0.4, 0.5) is 17.3 Å². The van der Waals surface area contributed by atoms with Crippen molar-refractivity contribution in [2.75, 3.05) is 23.3 Å². The quantitative estimate of drug-likeness (QED) is 0.413. The van der Waals surface area contributed by atoms with Crippen LogP contribution in [0, 0.1) is 5.92 Å². The fraction of sp³-hybridized carbons (Fsp3) is 0.462. The third-order valence-corrected chi connectivity index (χ3v) is 6.96. The largest absolute Gasteiger partial charge is 0.369 e. The summed E-state index contributed by atoms with van der Waals surface area (Å²) in [5.41, 5.74) is 10.5. The molecule has 0 radical (unpaired) electrons. The minimum atomic E-state index is 0.180. The molecule has 0 bridgehead atoms. The highest BCUT2D eigenvalue weighted by atomic mass is 15.3. The second-order valence-electron chi connectivity index (χ2n) is 10.2. The summed E-state index contributed by atoms with van der Waals surface area (Å²) < 4.78 is 4.01. The average Bonchev–Trinajstić information content (AvgIpc) is 3.36. The van der Waals surface area contributed by atoms with Gasteiger partial charge in [-0.1, -0.05) is 0 Å². The first-order valence-electron chi connectivity index (χ1n) is 12.7. The molecule has 0 spiro atoms. The van der Waals surface area contributed by atoms with Gasteiger partial charge in [-0.05, 0) is 57.6 Å². The van der Waals surface area contributed by atoms with E-state index in [-0.39, 0.29) is 12.1 Å². The Kier molecular flexibility index (Phi) is 5.64. The molecule has 1 aliphatic heterocycles. The van der Waals surface area contributed by atoms with E-state index < -0.39 is 0 Å². The molecule has 3 N–H and O–H groups in total. The van der Waals surface area contributed by atoms with Crippen molar-refractivity contribution >= 4 is 28.4 Å². The zero-order valence-electron chi connectivity index (χ0n) is 20.4. The van der Waals surface area contributed by atoms with Crippen molar-refractivity contribution in [2.45, 2.75) is 58.2 Å². The number of hydrogen-bond donors (Lipinski definition) is 2. The Morgan fingerprint density at radius 2 is 1.97 bits per heavy atom. The maximum atomic E-state index is 6.35. The number of pyridine rings is 2. The van der Waals surface area contributed by atoms with Crippen LogP contribution in [0.1, 0.15) is 45.6 Å². The lowest BCUT2D eigenvalue weighted by Gasteiger charge is -2.34. The van der Waals surface area contributed by atoms with Gasteiger partial charge in [0.1, 0.15) is 11.6 Å². The van der Waals surface area contributed by atoms with Gasteiger partial charge in [-0.25, -0.2) is 14.6 Å². The summed E-state index contributed by atoms with van der Waals surface area (Å²) in [5, 5.41) is 13.5. The standard InChI is InChI=1S/C26H33N9/c1-17(2)35-26-19(11-30-35)7-8-24(32-26)31-25-10-23(33-9-3-4-21(27)16-33)22(13-28-25)20-12-29-34(15-20)14-18-5-6-18/h7-8,10-13,15,17-18,21H,3-6,9,14,16,27H2,1-2H3,(H,28,31,32)/t21-/m0/s1. The van der Waals surface area contributed by atoms with E-state index in [0.717, 1.165) is 77.9 Å². The van der Waals surface area contributed by atoms with E-state index in [2.05, 4.69) is 51.2 Å². The number of rotatable bonds is 7. The Bertz CT molecular complexity index is 1330. The van der Waals surface area contributed by atoms with Crippen molar-refractivity contribution in [1.29, 1.82) is 0 Å². The molecule has 5 heterocycles. The summed E-state index contributed by atoms with van der Waals surface area (Å²) in [6, 6.07) is 6.56. The van der Waals surface area contributed by atoms with Crippen LogP contribution in [0.3, 0.4) is 0 Å². The van der Waals surface area contributed by atoms with Crippen LogP contribution in [-0.2, 0) is 6.54 Å². The third-order valence-electron chi connectivity index (χ3n) is 6.96. The van der Waals surface area contributed by atoms with Crippen molar-refractivity contribution < 1.29 is 0 Å². The van der Waals surface area contributed by atoms with E-state index in [4.69, 9.17) is 15.7 Å². The molecule has 1 aliphatic carbocycles.